The number of ether oxygens (including phenoxy) is 1. The normalized spacial score (nSPS) is 10.2. The Morgan fingerprint density at radius 1 is 1.38 bits per heavy atom. The van der Waals surface area contributed by atoms with Crippen LogP contribution in [0.2, 0.25) is 5.02 Å². The number of hydrogen-bond donors (Lipinski definition) is 2. The van der Waals surface area contributed by atoms with Crippen LogP contribution in [0.5, 0.6) is 0 Å². The molecule has 1 heterocycles. The van der Waals surface area contributed by atoms with E-state index in [2.05, 4.69) is 5.32 Å². The summed E-state index contributed by atoms with van der Waals surface area (Å²) in [4.78, 5) is 24.4. The third kappa shape index (κ3) is 3.01. The Bertz CT molecular complexity index is 692. The molecule has 2 aromatic rings. The van der Waals surface area contributed by atoms with Gasteiger partial charge in [-0.15, -0.1) is 11.3 Å². The minimum absolute atomic E-state index is 0.181. The molecule has 0 atom stereocenters. The molecule has 1 aromatic heterocycles. The lowest BCUT2D eigenvalue weighted by atomic mass is 10.1. The highest BCUT2D eigenvalue weighted by Gasteiger charge is 2.21. The molecular weight excluding hydrogens is 312 g/mol. The van der Waals surface area contributed by atoms with Gasteiger partial charge < -0.3 is 15.8 Å². The van der Waals surface area contributed by atoms with Crippen LogP contribution in [-0.2, 0) is 4.74 Å². The fraction of sp³-hybridized carbons (Fsp3) is 0.143. The van der Waals surface area contributed by atoms with Crippen LogP contribution in [0.1, 0.15) is 25.6 Å². The number of thiophene rings is 1. The number of benzene rings is 1. The largest absolute Gasteiger partial charge is 0.465 e. The number of halogens is 1. The van der Waals surface area contributed by atoms with Gasteiger partial charge in [0.25, 0.3) is 5.91 Å². The molecule has 0 aliphatic rings. The second-order valence-corrected chi connectivity index (χ2v) is 5.56. The predicted molar refractivity (Wildman–Crippen MR) is 84.2 cm³/mol. The number of carbonyl (C=O) groups is 2. The van der Waals surface area contributed by atoms with E-state index < -0.39 is 11.9 Å². The van der Waals surface area contributed by atoms with Gasteiger partial charge in [0.15, 0.2) is 0 Å². The van der Waals surface area contributed by atoms with E-state index in [9.17, 15) is 9.59 Å². The second kappa shape index (κ2) is 6.15. The van der Waals surface area contributed by atoms with Crippen LogP contribution < -0.4 is 11.1 Å². The first-order valence-corrected chi connectivity index (χ1v) is 7.23. The zero-order valence-electron chi connectivity index (χ0n) is 11.4. The van der Waals surface area contributed by atoms with Crippen molar-refractivity contribution >= 4 is 46.2 Å². The van der Waals surface area contributed by atoms with Crippen molar-refractivity contribution < 1.29 is 14.3 Å². The van der Waals surface area contributed by atoms with Gasteiger partial charge in [-0.3, -0.25) is 4.79 Å². The van der Waals surface area contributed by atoms with Gasteiger partial charge in [0.2, 0.25) is 0 Å². The van der Waals surface area contributed by atoms with Crippen molar-refractivity contribution in [2.24, 2.45) is 0 Å². The van der Waals surface area contributed by atoms with E-state index in [-0.39, 0.29) is 16.3 Å². The molecule has 0 saturated carbocycles. The minimum Gasteiger partial charge on any atom is -0.465 e. The predicted octanol–water partition coefficient (Wildman–Crippen LogP) is 3.33. The summed E-state index contributed by atoms with van der Waals surface area (Å²) in [6, 6.07) is 4.82. The summed E-state index contributed by atoms with van der Waals surface area (Å²) in [5.41, 5.74) is 7.41. The molecule has 1 aromatic carbocycles. The molecule has 0 fully saturated rings. The first-order chi connectivity index (χ1) is 9.95. The van der Waals surface area contributed by atoms with Gasteiger partial charge in [-0.2, -0.15) is 0 Å². The number of rotatable bonds is 3. The smallest absolute Gasteiger partial charge is 0.350 e. The zero-order chi connectivity index (χ0) is 15.6. The number of esters is 1. The third-order valence-electron chi connectivity index (χ3n) is 2.86. The highest BCUT2D eigenvalue weighted by molar-refractivity contribution is 7.12. The summed E-state index contributed by atoms with van der Waals surface area (Å²) in [6.45, 7) is 1.79. The Morgan fingerprint density at radius 3 is 2.71 bits per heavy atom. The van der Waals surface area contributed by atoms with Crippen LogP contribution in [0.25, 0.3) is 0 Å². The molecule has 0 aliphatic carbocycles. The van der Waals surface area contributed by atoms with Gasteiger partial charge in [0, 0.05) is 5.69 Å². The quantitative estimate of drug-likeness (QED) is 0.670. The monoisotopic (exact) mass is 324 g/mol. The van der Waals surface area contributed by atoms with Crippen molar-refractivity contribution in [2.75, 3.05) is 18.2 Å². The number of methoxy groups -OCH3 is 1. The number of nitrogen functional groups attached to an aromatic ring is 1. The molecule has 110 valence electrons. The Morgan fingerprint density at radius 2 is 2.10 bits per heavy atom. The number of nitrogens with one attached hydrogen (secondary N) is 1. The van der Waals surface area contributed by atoms with Gasteiger partial charge in [-0.1, -0.05) is 17.7 Å². The van der Waals surface area contributed by atoms with E-state index in [1.807, 2.05) is 0 Å². The summed E-state index contributed by atoms with van der Waals surface area (Å²) in [6.07, 6.45) is 0. The van der Waals surface area contributed by atoms with Crippen LogP contribution in [0.15, 0.2) is 23.6 Å². The van der Waals surface area contributed by atoms with Gasteiger partial charge in [0.1, 0.15) is 4.88 Å². The first kappa shape index (κ1) is 15.3. The number of nitrogens with two attached hydrogens (primary N) is 1. The molecule has 7 heteroatoms. The summed E-state index contributed by atoms with van der Waals surface area (Å²) in [7, 11) is 1.29. The number of amides is 1. The molecule has 1 amide bonds. The highest BCUT2D eigenvalue weighted by atomic mass is 35.5. The van der Waals surface area contributed by atoms with Gasteiger partial charge in [-0.05, 0) is 30.0 Å². The Labute approximate surface area is 130 Å². The molecule has 0 saturated heterocycles. The van der Waals surface area contributed by atoms with E-state index in [0.717, 1.165) is 5.56 Å². The molecule has 2 rings (SSSR count). The van der Waals surface area contributed by atoms with E-state index in [1.54, 1.807) is 30.5 Å². The average molecular weight is 325 g/mol. The summed E-state index contributed by atoms with van der Waals surface area (Å²) >= 11 is 7.21. The molecule has 5 nitrogen and oxygen atoms in total. The number of carbonyl (C=O) groups excluding carboxylic acids is 2. The topological polar surface area (TPSA) is 81.4 Å². The number of hydrogen-bond acceptors (Lipinski definition) is 5. The van der Waals surface area contributed by atoms with Crippen LogP contribution in [-0.4, -0.2) is 19.0 Å². The molecule has 0 bridgehead atoms. The van der Waals surface area contributed by atoms with Crippen molar-refractivity contribution in [1.29, 1.82) is 0 Å². The first-order valence-electron chi connectivity index (χ1n) is 5.97. The fourth-order valence-corrected chi connectivity index (χ4v) is 2.99. The van der Waals surface area contributed by atoms with E-state index in [4.69, 9.17) is 22.1 Å². The van der Waals surface area contributed by atoms with Crippen molar-refractivity contribution in [3.05, 3.63) is 44.6 Å². The standard InChI is InChI=1S/C14H13ClN2O3S/c1-7-6-21-12(14(19)20-2)11(7)17-13(18)10-8(15)4-3-5-9(10)16/h3-6H,16H2,1-2H3,(H,17,18). The van der Waals surface area contributed by atoms with E-state index in [0.29, 0.717) is 10.6 Å². The van der Waals surface area contributed by atoms with Crippen LogP contribution in [0, 0.1) is 6.92 Å². The second-order valence-electron chi connectivity index (χ2n) is 4.27. The van der Waals surface area contributed by atoms with Crippen molar-refractivity contribution in [3.63, 3.8) is 0 Å². The minimum atomic E-state index is -0.504. The lowest BCUT2D eigenvalue weighted by Crippen LogP contribution is -2.16. The fourth-order valence-electron chi connectivity index (χ4n) is 1.80. The van der Waals surface area contributed by atoms with E-state index in [1.165, 1.54) is 18.4 Å². The third-order valence-corrected chi connectivity index (χ3v) is 4.25. The maximum atomic E-state index is 12.3. The van der Waals surface area contributed by atoms with Gasteiger partial charge in [-0.25, -0.2) is 4.79 Å². The summed E-state index contributed by atoms with van der Waals surface area (Å²) in [5.74, 6) is -0.972. The molecule has 3 N–H and O–H groups in total. The van der Waals surface area contributed by atoms with E-state index >= 15 is 0 Å². The van der Waals surface area contributed by atoms with Gasteiger partial charge >= 0.3 is 5.97 Å². The Balaban J connectivity index is 2.37. The lowest BCUT2D eigenvalue weighted by Gasteiger charge is -2.10. The summed E-state index contributed by atoms with van der Waals surface area (Å²) in [5, 5.41) is 4.69. The maximum Gasteiger partial charge on any atom is 0.350 e. The molecular formula is C14H13ClN2O3S. The molecule has 21 heavy (non-hydrogen) atoms. The molecule has 0 aliphatic heterocycles. The van der Waals surface area contributed by atoms with Crippen LogP contribution in [0.4, 0.5) is 11.4 Å². The Hall–Kier alpha value is -2.05. The number of aryl methyl sites for hydroxylation is 1. The van der Waals surface area contributed by atoms with Crippen LogP contribution >= 0.6 is 22.9 Å². The molecule has 0 unspecified atom stereocenters. The average Bonchev–Trinajstić information content (AvgIpc) is 2.79. The molecule has 0 radical (unpaired) electrons. The van der Waals surface area contributed by atoms with Gasteiger partial charge in [0.05, 0.1) is 23.4 Å². The van der Waals surface area contributed by atoms with Crippen molar-refractivity contribution in [1.82, 2.24) is 0 Å². The number of anilines is 2. The lowest BCUT2D eigenvalue weighted by molar-refractivity contribution is 0.0607. The SMILES string of the molecule is COC(=O)c1scc(C)c1NC(=O)c1c(N)cccc1Cl. The van der Waals surface area contributed by atoms with Crippen molar-refractivity contribution in [2.45, 2.75) is 6.92 Å². The zero-order valence-corrected chi connectivity index (χ0v) is 13.0. The van der Waals surface area contributed by atoms with Crippen LogP contribution in [0.3, 0.4) is 0 Å². The van der Waals surface area contributed by atoms with Crippen molar-refractivity contribution in [3.8, 4) is 0 Å². The Kier molecular flexibility index (Phi) is 4.50. The maximum absolute atomic E-state index is 12.3. The highest BCUT2D eigenvalue weighted by Crippen LogP contribution is 2.30. The summed E-state index contributed by atoms with van der Waals surface area (Å²) < 4.78 is 4.69. The molecule has 0 spiro atoms.